The lowest BCUT2D eigenvalue weighted by Crippen LogP contribution is -2.36. The highest BCUT2D eigenvalue weighted by Gasteiger charge is 2.27. The van der Waals surface area contributed by atoms with Gasteiger partial charge in [0.25, 0.3) is 0 Å². The van der Waals surface area contributed by atoms with E-state index in [1.807, 2.05) is 0 Å². The number of nitrogens with zero attached hydrogens (tertiary/aromatic N) is 3. The van der Waals surface area contributed by atoms with Gasteiger partial charge in [-0.2, -0.15) is 0 Å². The van der Waals surface area contributed by atoms with Crippen LogP contribution in [0.2, 0.25) is 0 Å². The van der Waals surface area contributed by atoms with Crippen molar-refractivity contribution < 1.29 is 9.84 Å². The van der Waals surface area contributed by atoms with Crippen molar-refractivity contribution in [3.8, 4) is 5.75 Å². The summed E-state index contributed by atoms with van der Waals surface area (Å²) in [7, 11) is 1.56. The zero-order valence-electron chi connectivity index (χ0n) is 11.2. The lowest BCUT2D eigenvalue weighted by Gasteiger charge is -2.30. The van der Waals surface area contributed by atoms with Gasteiger partial charge in [-0.15, -0.1) is 0 Å². The Labute approximate surface area is 112 Å². The number of aliphatic hydroxyl groups is 1. The van der Waals surface area contributed by atoms with Crippen molar-refractivity contribution in [2.24, 2.45) is 5.84 Å². The molecular formula is C12H21N5O2. The molecule has 0 aromatic carbocycles. The van der Waals surface area contributed by atoms with Gasteiger partial charge in [-0.3, -0.25) is 0 Å². The van der Waals surface area contributed by atoms with E-state index in [0.717, 1.165) is 12.8 Å². The van der Waals surface area contributed by atoms with Crippen molar-refractivity contribution in [1.29, 1.82) is 0 Å². The Kier molecular flexibility index (Phi) is 4.75. The maximum Gasteiger partial charge on any atom is 0.205 e. The molecule has 1 aliphatic carbocycles. The highest BCUT2D eigenvalue weighted by atomic mass is 16.5. The summed E-state index contributed by atoms with van der Waals surface area (Å²) < 4.78 is 5.36. The number of methoxy groups -OCH3 is 1. The van der Waals surface area contributed by atoms with Crippen LogP contribution >= 0.6 is 0 Å². The summed E-state index contributed by atoms with van der Waals surface area (Å²) in [6.07, 6.45) is 6.09. The SMILES string of the molecule is COc1c(NN)ncnc1N(CCO)C1CCCC1. The van der Waals surface area contributed by atoms with Crippen molar-refractivity contribution in [3.05, 3.63) is 6.33 Å². The molecule has 0 bridgehead atoms. The van der Waals surface area contributed by atoms with E-state index in [-0.39, 0.29) is 6.61 Å². The van der Waals surface area contributed by atoms with E-state index >= 15 is 0 Å². The molecule has 0 aliphatic heterocycles. The summed E-state index contributed by atoms with van der Waals surface area (Å²) >= 11 is 0. The topological polar surface area (TPSA) is 96.5 Å². The van der Waals surface area contributed by atoms with Crippen molar-refractivity contribution >= 4 is 11.6 Å². The molecule has 1 heterocycles. The lowest BCUT2D eigenvalue weighted by atomic mass is 10.2. The van der Waals surface area contributed by atoms with E-state index in [9.17, 15) is 5.11 Å². The van der Waals surface area contributed by atoms with Crippen molar-refractivity contribution in [3.63, 3.8) is 0 Å². The van der Waals surface area contributed by atoms with E-state index in [2.05, 4.69) is 20.3 Å². The van der Waals surface area contributed by atoms with Gasteiger partial charge in [-0.25, -0.2) is 15.8 Å². The fourth-order valence-electron chi connectivity index (χ4n) is 2.64. The van der Waals surface area contributed by atoms with Crippen LogP contribution < -0.4 is 20.9 Å². The molecule has 1 aromatic rings. The van der Waals surface area contributed by atoms with Crippen LogP contribution in [0.1, 0.15) is 25.7 Å². The van der Waals surface area contributed by atoms with Gasteiger partial charge in [0.15, 0.2) is 11.6 Å². The maximum atomic E-state index is 9.28. The van der Waals surface area contributed by atoms with E-state index in [4.69, 9.17) is 10.6 Å². The Morgan fingerprint density at radius 1 is 1.47 bits per heavy atom. The normalized spacial score (nSPS) is 15.5. The van der Waals surface area contributed by atoms with Gasteiger partial charge < -0.3 is 20.2 Å². The third kappa shape index (κ3) is 2.87. The highest BCUT2D eigenvalue weighted by Crippen LogP contribution is 2.35. The number of hydrazine groups is 1. The molecule has 0 spiro atoms. The first-order valence-corrected chi connectivity index (χ1v) is 6.55. The number of nitrogens with one attached hydrogen (secondary N) is 1. The summed E-state index contributed by atoms with van der Waals surface area (Å²) in [5, 5.41) is 9.28. The van der Waals surface area contributed by atoms with Crippen LogP contribution in [0, 0.1) is 0 Å². The third-order valence-corrected chi connectivity index (χ3v) is 3.50. The van der Waals surface area contributed by atoms with Crippen LogP contribution in [-0.2, 0) is 0 Å². The average molecular weight is 267 g/mol. The minimum absolute atomic E-state index is 0.0784. The fourth-order valence-corrected chi connectivity index (χ4v) is 2.64. The number of aliphatic hydroxyl groups excluding tert-OH is 1. The molecule has 0 amide bonds. The van der Waals surface area contributed by atoms with Crippen LogP contribution in [0.15, 0.2) is 6.33 Å². The smallest absolute Gasteiger partial charge is 0.205 e. The van der Waals surface area contributed by atoms with Gasteiger partial charge in [0, 0.05) is 12.6 Å². The number of nitrogen functional groups attached to an aromatic ring is 1. The number of anilines is 2. The monoisotopic (exact) mass is 267 g/mol. The van der Waals surface area contributed by atoms with Crippen LogP contribution in [0.5, 0.6) is 5.75 Å². The second-order valence-corrected chi connectivity index (χ2v) is 4.58. The Hall–Kier alpha value is -1.60. The quantitative estimate of drug-likeness (QED) is 0.510. The molecule has 1 aliphatic rings. The largest absolute Gasteiger partial charge is 0.490 e. The van der Waals surface area contributed by atoms with Gasteiger partial charge in [0.05, 0.1) is 13.7 Å². The molecule has 2 rings (SSSR count). The number of ether oxygens (including phenoxy) is 1. The number of hydrogen-bond acceptors (Lipinski definition) is 7. The summed E-state index contributed by atoms with van der Waals surface area (Å²) in [6.45, 7) is 0.608. The Balaban J connectivity index is 2.34. The number of nitrogens with two attached hydrogens (primary N) is 1. The van der Waals surface area contributed by atoms with Gasteiger partial charge in [0.2, 0.25) is 5.75 Å². The first-order valence-electron chi connectivity index (χ1n) is 6.55. The molecule has 0 atom stereocenters. The molecule has 7 heteroatoms. The van der Waals surface area contributed by atoms with Crippen molar-refractivity contribution in [1.82, 2.24) is 9.97 Å². The predicted molar refractivity (Wildman–Crippen MR) is 73.1 cm³/mol. The van der Waals surface area contributed by atoms with Gasteiger partial charge in [-0.1, -0.05) is 12.8 Å². The van der Waals surface area contributed by atoms with Crippen molar-refractivity contribution in [2.45, 2.75) is 31.7 Å². The molecule has 106 valence electrons. The van der Waals surface area contributed by atoms with Crippen LogP contribution in [0.3, 0.4) is 0 Å². The number of rotatable bonds is 6. The summed E-state index contributed by atoms with van der Waals surface area (Å²) in [4.78, 5) is 10.4. The predicted octanol–water partition coefficient (Wildman–Crippen LogP) is 0.512. The molecule has 4 N–H and O–H groups in total. The van der Waals surface area contributed by atoms with Gasteiger partial charge in [-0.05, 0) is 12.8 Å². The first kappa shape index (κ1) is 13.8. The molecule has 1 fully saturated rings. The summed E-state index contributed by atoms with van der Waals surface area (Å²) in [5.74, 6) is 7.09. The van der Waals surface area contributed by atoms with E-state index in [1.165, 1.54) is 19.2 Å². The number of hydrogen-bond donors (Lipinski definition) is 3. The first-order chi connectivity index (χ1) is 9.31. The summed E-state index contributed by atoms with van der Waals surface area (Å²) in [5.41, 5.74) is 2.51. The van der Waals surface area contributed by atoms with Gasteiger partial charge >= 0.3 is 0 Å². The lowest BCUT2D eigenvalue weighted by molar-refractivity contribution is 0.296. The molecule has 19 heavy (non-hydrogen) atoms. The van der Waals surface area contributed by atoms with Crippen LogP contribution in [-0.4, -0.2) is 41.4 Å². The molecule has 0 unspecified atom stereocenters. The van der Waals surface area contributed by atoms with E-state index in [0.29, 0.717) is 30.0 Å². The highest BCUT2D eigenvalue weighted by molar-refractivity contribution is 5.64. The number of aromatic nitrogens is 2. The fraction of sp³-hybridized carbons (Fsp3) is 0.667. The molecule has 0 saturated heterocycles. The van der Waals surface area contributed by atoms with Crippen LogP contribution in [0.25, 0.3) is 0 Å². The minimum Gasteiger partial charge on any atom is -0.490 e. The Morgan fingerprint density at radius 3 is 2.79 bits per heavy atom. The second kappa shape index (κ2) is 6.53. The zero-order valence-corrected chi connectivity index (χ0v) is 11.2. The standard InChI is InChI=1S/C12H21N5O2/c1-19-10-11(16-13)14-8-15-12(10)17(6-7-18)9-4-2-3-5-9/h8-9,18H,2-7,13H2,1H3,(H,14,15,16). The zero-order chi connectivity index (χ0) is 13.7. The van der Waals surface area contributed by atoms with E-state index < -0.39 is 0 Å². The molecule has 0 radical (unpaired) electrons. The second-order valence-electron chi connectivity index (χ2n) is 4.58. The van der Waals surface area contributed by atoms with E-state index in [1.54, 1.807) is 7.11 Å². The maximum absolute atomic E-state index is 9.28. The Bertz CT molecular complexity index is 409. The average Bonchev–Trinajstić information content (AvgIpc) is 2.97. The Morgan fingerprint density at radius 2 is 2.21 bits per heavy atom. The molecular weight excluding hydrogens is 246 g/mol. The third-order valence-electron chi connectivity index (χ3n) is 3.50. The summed E-state index contributed by atoms with van der Waals surface area (Å²) in [6, 6.07) is 0.390. The van der Waals surface area contributed by atoms with Gasteiger partial charge in [0.1, 0.15) is 6.33 Å². The molecule has 1 aromatic heterocycles. The van der Waals surface area contributed by atoms with Crippen molar-refractivity contribution in [2.75, 3.05) is 30.6 Å². The minimum atomic E-state index is 0.0784. The molecule has 7 nitrogen and oxygen atoms in total. The molecule has 1 saturated carbocycles. The van der Waals surface area contributed by atoms with Crippen LogP contribution in [0.4, 0.5) is 11.6 Å².